The molecule has 31 heavy (non-hydrogen) atoms. The number of amides is 1. The van der Waals surface area contributed by atoms with Gasteiger partial charge in [-0.3, -0.25) is 4.79 Å². The van der Waals surface area contributed by atoms with Crippen LogP contribution in [0.2, 0.25) is 0 Å². The lowest BCUT2D eigenvalue weighted by Crippen LogP contribution is -2.26. The van der Waals surface area contributed by atoms with Crippen LogP contribution in [0.3, 0.4) is 0 Å². The number of anilines is 1. The topological polar surface area (TPSA) is 110 Å². The van der Waals surface area contributed by atoms with Gasteiger partial charge in [0.05, 0.1) is 12.2 Å². The average molecular weight is 444 g/mol. The first-order valence-corrected chi connectivity index (χ1v) is 10.8. The molecule has 1 amide bonds. The lowest BCUT2D eigenvalue weighted by atomic mass is 9.94. The van der Waals surface area contributed by atoms with E-state index in [9.17, 15) is 14.9 Å². The van der Waals surface area contributed by atoms with Crippen molar-refractivity contribution in [3.63, 3.8) is 0 Å². The van der Waals surface area contributed by atoms with E-state index in [2.05, 4.69) is 16.7 Å². The van der Waals surface area contributed by atoms with Crippen molar-refractivity contribution >= 4 is 28.4 Å². The van der Waals surface area contributed by atoms with Crippen LogP contribution in [0.4, 0.5) is 9.80 Å². The van der Waals surface area contributed by atoms with Gasteiger partial charge in [0.1, 0.15) is 23.8 Å². The number of dihydropyridines is 1. The number of methoxy groups -OCH3 is 1. The van der Waals surface area contributed by atoms with E-state index < -0.39 is 6.16 Å². The maximum atomic E-state index is 12.4. The third-order valence-electron chi connectivity index (χ3n) is 4.86. The van der Waals surface area contributed by atoms with Crippen molar-refractivity contribution in [1.29, 1.82) is 5.26 Å². The van der Waals surface area contributed by atoms with Crippen molar-refractivity contribution < 1.29 is 23.8 Å². The number of carbonyl (C=O) groups is 2. The molecule has 2 unspecified atom stereocenters. The highest BCUT2D eigenvalue weighted by Crippen LogP contribution is 2.38. The Kier molecular flexibility index (Phi) is 7.87. The number of hydrogen-bond donors (Lipinski definition) is 2. The summed E-state index contributed by atoms with van der Waals surface area (Å²) in [5.74, 6) is -0.308. The molecule has 2 heterocycles. The standard InChI is InChI=1S/C22H25N3O5S/c1-14-3-4-15(13-24-14)5-8-20(26)25-21-18(12-23)17-7-6-16(11-19(17)31-21)30-22(27)29-10-9-28-2/h3-5,8,13-14,16,24H,6-7,9-11H2,1-2H3,(H,25,26)/b8-5+. The fraction of sp³-hybridized carbons (Fsp3) is 0.409. The van der Waals surface area contributed by atoms with Gasteiger partial charge in [-0.05, 0) is 37.0 Å². The fourth-order valence-electron chi connectivity index (χ4n) is 3.26. The first kappa shape index (κ1) is 22.6. The van der Waals surface area contributed by atoms with Gasteiger partial charge in [0, 0.05) is 36.7 Å². The minimum Gasteiger partial charge on any atom is -0.432 e. The van der Waals surface area contributed by atoms with E-state index in [1.54, 1.807) is 6.08 Å². The summed E-state index contributed by atoms with van der Waals surface area (Å²) in [6.07, 6.45) is 9.57. The molecular weight excluding hydrogens is 418 g/mol. The Balaban J connectivity index is 1.61. The second-order valence-electron chi connectivity index (χ2n) is 7.18. The Morgan fingerprint density at radius 2 is 2.26 bits per heavy atom. The van der Waals surface area contributed by atoms with Crippen LogP contribution in [0.15, 0.2) is 36.1 Å². The van der Waals surface area contributed by atoms with Crippen LogP contribution in [0.1, 0.15) is 29.3 Å². The molecule has 0 aromatic carbocycles. The fourth-order valence-corrected chi connectivity index (χ4v) is 4.52. The number of nitrogens with one attached hydrogen (secondary N) is 2. The van der Waals surface area contributed by atoms with Gasteiger partial charge in [-0.15, -0.1) is 11.3 Å². The van der Waals surface area contributed by atoms with Crippen molar-refractivity contribution in [1.82, 2.24) is 5.32 Å². The van der Waals surface area contributed by atoms with Crippen LogP contribution < -0.4 is 10.6 Å². The SMILES string of the molecule is COCCOC(=O)OC1CCc2c(sc(NC(=O)/C=C/C3=CNC(C)C=C3)c2C#N)C1. The lowest BCUT2D eigenvalue weighted by Gasteiger charge is -2.21. The normalized spacial score (nSPS) is 19.7. The molecular formula is C22H25N3O5S. The average Bonchev–Trinajstić information content (AvgIpc) is 3.09. The van der Waals surface area contributed by atoms with Gasteiger partial charge < -0.3 is 24.8 Å². The van der Waals surface area contributed by atoms with E-state index in [-0.39, 0.29) is 24.7 Å². The second kappa shape index (κ2) is 10.8. The van der Waals surface area contributed by atoms with Gasteiger partial charge in [-0.1, -0.05) is 12.2 Å². The number of ether oxygens (including phenoxy) is 3. The molecule has 2 atom stereocenters. The van der Waals surface area contributed by atoms with E-state index in [1.165, 1.54) is 24.5 Å². The number of rotatable bonds is 7. The van der Waals surface area contributed by atoms with Crippen LogP contribution in [0.5, 0.6) is 0 Å². The predicted octanol–water partition coefficient (Wildman–Crippen LogP) is 3.20. The number of nitriles is 1. The van der Waals surface area contributed by atoms with Crippen molar-refractivity contribution in [2.45, 2.75) is 38.3 Å². The van der Waals surface area contributed by atoms with Crippen molar-refractivity contribution in [3.8, 4) is 6.07 Å². The van der Waals surface area contributed by atoms with Crippen molar-refractivity contribution in [3.05, 3.63) is 52.1 Å². The number of hydrogen-bond acceptors (Lipinski definition) is 8. The van der Waals surface area contributed by atoms with Gasteiger partial charge in [0.25, 0.3) is 0 Å². The quantitative estimate of drug-likeness (QED) is 0.378. The van der Waals surface area contributed by atoms with Crippen molar-refractivity contribution in [2.24, 2.45) is 0 Å². The van der Waals surface area contributed by atoms with Crippen LogP contribution in [-0.2, 0) is 31.8 Å². The summed E-state index contributed by atoms with van der Waals surface area (Å²) in [4.78, 5) is 25.1. The molecule has 0 fully saturated rings. The van der Waals surface area contributed by atoms with Crippen molar-refractivity contribution in [2.75, 3.05) is 25.6 Å². The molecule has 9 heteroatoms. The van der Waals surface area contributed by atoms with Crippen LogP contribution in [0, 0.1) is 11.3 Å². The molecule has 2 aliphatic rings. The van der Waals surface area contributed by atoms with E-state index >= 15 is 0 Å². The molecule has 1 aliphatic heterocycles. The van der Waals surface area contributed by atoms with Gasteiger partial charge >= 0.3 is 6.16 Å². The summed E-state index contributed by atoms with van der Waals surface area (Å²) in [5, 5.41) is 16.1. The molecule has 1 aliphatic carbocycles. The zero-order valence-electron chi connectivity index (χ0n) is 17.5. The summed E-state index contributed by atoms with van der Waals surface area (Å²) < 4.78 is 15.1. The molecule has 8 nitrogen and oxygen atoms in total. The molecule has 0 saturated carbocycles. The monoisotopic (exact) mass is 443 g/mol. The highest BCUT2D eigenvalue weighted by molar-refractivity contribution is 7.16. The Labute approximate surface area is 185 Å². The molecule has 0 bridgehead atoms. The summed E-state index contributed by atoms with van der Waals surface area (Å²) >= 11 is 1.35. The Morgan fingerprint density at radius 1 is 1.42 bits per heavy atom. The number of fused-ring (bicyclic) bond motifs is 1. The predicted molar refractivity (Wildman–Crippen MR) is 117 cm³/mol. The van der Waals surface area contributed by atoms with E-state index in [0.717, 1.165) is 16.0 Å². The third-order valence-corrected chi connectivity index (χ3v) is 6.03. The molecule has 1 aromatic heterocycles. The van der Waals surface area contributed by atoms with Gasteiger partial charge in [0.2, 0.25) is 5.91 Å². The summed E-state index contributed by atoms with van der Waals surface area (Å²) in [7, 11) is 1.52. The molecule has 1 aromatic rings. The smallest absolute Gasteiger partial charge is 0.432 e. The molecule has 0 spiro atoms. The molecule has 0 saturated heterocycles. The molecule has 164 valence electrons. The van der Waals surface area contributed by atoms with Crippen LogP contribution in [0.25, 0.3) is 0 Å². The van der Waals surface area contributed by atoms with Crippen LogP contribution >= 0.6 is 11.3 Å². The minimum atomic E-state index is -0.726. The first-order valence-electron chi connectivity index (χ1n) is 10.0. The van der Waals surface area contributed by atoms with E-state index in [4.69, 9.17) is 14.2 Å². The minimum absolute atomic E-state index is 0.135. The van der Waals surface area contributed by atoms with E-state index in [0.29, 0.717) is 36.4 Å². The number of thiophene rings is 1. The highest BCUT2D eigenvalue weighted by Gasteiger charge is 2.28. The summed E-state index contributed by atoms with van der Waals surface area (Å²) in [6.45, 7) is 2.47. The van der Waals surface area contributed by atoms with Gasteiger partial charge in [0.15, 0.2) is 0 Å². The molecule has 2 N–H and O–H groups in total. The maximum Gasteiger partial charge on any atom is 0.508 e. The summed E-state index contributed by atoms with van der Waals surface area (Å²) in [6, 6.07) is 2.47. The number of nitrogens with zero attached hydrogens (tertiary/aromatic N) is 1. The Morgan fingerprint density at radius 3 is 2.97 bits per heavy atom. The first-order chi connectivity index (χ1) is 15.0. The third kappa shape index (κ3) is 6.20. The Bertz CT molecular complexity index is 957. The number of carbonyl (C=O) groups excluding carboxylic acids is 2. The maximum absolute atomic E-state index is 12.4. The van der Waals surface area contributed by atoms with E-state index in [1.807, 2.05) is 25.3 Å². The zero-order chi connectivity index (χ0) is 22.2. The van der Waals surface area contributed by atoms with Gasteiger partial charge in [-0.25, -0.2) is 4.79 Å². The lowest BCUT2D eigenvalue weighted by molar-refractivity contribution is -0.111. The second-order valence-corrected chi connectivity index (χ2v) is 8.28. The number of allylic oxidation sites excluding steroid dienone is 3. The largest absolute Gasteiger partial charge is 0.508 e. The highest BCUT2D eigenvalue weighted by atomic mass is 32.1. The zero-order valence-corrected chi connectivity index (χ0v) is 18.3. The molecule has 3 rings (SSSR count). The van der Waals surface area contributed by atoms with Crippen LogP contribution in [-0.4, -0.2) is 44.5 Å². The summed E-state index contributed by atoms with van der Waals surface area (Å²) in [5.41, 5.74) is 2.28. The Hall–Kier alpha value is -3.09. The molecule has 0 radical (unpaired) electrons. The van der Waals surface area contributed by atoms with Gasteiger partial charge in [-0.2, -0.15) is 5.26 Å².